The van der Waals surface area contributed by atoms with Crippen molar-refractivity contribution in [3.63, 3.8) is 0 Å². The van der Waals surface area contributed by atoms with Crippen LogP contribution in [0.2, 0.25) is 0 Å². The molecular weight excluding hydrogens is 292 g/mol. The molecule has 1 N–H and O–H groups in total. The first-order valence-corrected chi connectivity index (χ1v) is 8.13. The Bertz CT molecular complexity index is 544. The highest BCUT2D eigenvalue weighted by atomic mass is 16.2. The van der Waals surface area contributed by atoms with Crippen molar-refractivity contribution in [1.82, 2.24) is 14.8 Å². The fourth-order valence-electron chi connectivity index (χ4n) is 2.77. The fourth-order valence-corrected chi connectivity index (χ4v) is 2.77. The molecule has 6 nitrogen and oxygen atoms in total. The molecule has 1 aromatic heterocycles. The highest BCUT2D eigenvalue weighted by Gasteiger charge is 2.22. The normalized spacial score (nSPS) is 18.1. The lowest BCUT2D eigenvalue weighted by Crippen LogP contribution is -2.45. The zero-order chi connectivity index (χ0) is 16.8. The van der Waals surface area contributed by atoms with E-state index in [0.717, 1.165) is 25.1 Å². The maximum absolute atomic E-state index is 12.3. The summed E-state index contributed by atoms with van der Waals surface area (Å²) < 4.78 is 0. The van der Waals surface area contributed by atoms with E-state index in [1.54, 1.807) is 24.2 Å². The maximum Gasteiger partial charge on any atom is 0.239 e. The second kappa shape index (κ2) is 8.06. The monoisotopic (exact) mass is 318 g/mol. The van der Waals surface area contributed by atoms with Crippen molar-refractivity contribution in [1.29, 1.82) is 0 Å². The summed E-state index contributed by atoms with van der Waals surface area (Å²) >= 11 is 0. The number of nitrogens with zero attached hydrogens (tertiary/aromatic N) is 3. The predicted octanol–water partition coefficient (Wildman–Crippen LogP) is 1.52. The summed E-state index contributed by atoms with van der Waals surface area (Å²) in [6, 6.07) is 3.67. The lowest BCUT2D eigenvalue weighted by Gasteiger charge is -2.32. The number of carbonyl (C=O) groups is 2. The molecule has 2 heterocycles. The molecule has 0 spiro atoms. The largest absolute Gasteiger partial charge is 0.341 e. The van der Waals surface area contributed by atoms with E-state index >= 15 is 0 Å². The number of aryl methyl sites for hydroxylation is 1. The van der Waals surface area contributed by atoms with Gasteiger partial charge in [0.25, 0.3) is 0 Å². The first kappa shape index (κ1) is 17.4. The second-order valence-electron chi connectivity index (χ2n) is 6.53. The molecule has 1 aliphatic heterocycles. The molecule has 1 fully saturated rings. The summed E-state index contributed by atoms with van der Waals surface area (Å²) in [4.78, 5) is 32.1. The smallest absolute Gasteiger partial charge is 0.239 e. The number of anilines is 1. The van der Waals surface area contributed by atoms with Gasteiger partial charge in [0.1, 0.15) is 5.82 Å². The third kappa shape index (κ3) is 5.63. The van der Waals surface area contributed by atoms with Gasteiger partial charge >= 0.3 is 0 Å². The van der Waals surface area contributed by atoms with Gasteiger partial charge in [0.2, 0.25) is 11.8 Å². The van der Waals surface area contributed by atoms with Crippen molar-refractivity contribution in [3.05, 3.63) is 23.9 Å². The van der Waals surface area contributed by atoms with Gasteiger partial charge in [-0.25, -0.2) is 4.98 Å². The van der Waals surface area contributed by atoms with E-state index in [2.05, 4.69) is 17.2 Å². The van der Waals surface area contributed by atoms with Crippen molar-refractivity contribution >= 4 is 17.6 Å². The number of pyridine rings is 1. The van der Waals surface area contributed by atoms with Crippen LogP contribution >= 0.6 is 0 Å². The van der Waals surface area contributed by atoms with Crippen LogP contribution in [0.15, 0.2) is 18.3 Å². The van der Waals surface area contributed by atoms with Gasteiger partial charge < -0.3 is 10.2 Å². The van der Waals surface area contributed by atoms with Crippen LogP contribution in [0.5, 0.6) is 0 Å². The summed E-state index contributed by atoms with van der Waals surface area (Å²) in [7, 11) is 1.79. The van der Waals surface area contributed by atoms with Crippen LogP contribution in [0.1, 0.15) is 25.3 Å². The van der Waals surface area contributed by atoms with Gasteiger partial charge in [0, 0.05) is 19.3 Å². The van der Waals surface area contributed by atoms with E-state index < -0.39 is 0 Å². The molecule has 1 atom stereocenters. The number of aromatic nitrogens is 1. The third-order valence-electron chi connectivity index (χ3n) is 4.01. The molecule has 2 amide bonds. The number of amides is 2. The standard InChI is InChI=1S/C17H26N4O2/c1-13-6-7-15(18-9-13)19-16(22)11-20(3)12-17(23)21-8-4-5-14(2)10-21/h6-7,9,14H,4-5,8,10-12H2,1-3H3,(H,18,19,22). The Morgan fingerprint density at radius 2 is 2.17 bits per heavy atom. The third-order valence-corrected chi connectivity index (χ3v) is 4.01. The van der Waals surface area contributed by atoms with Crippen LogP contribution in [0, 0.1) is 12.8 Å². The number of rotatable bonds is 5. The van der Waals surface area contributed by atoms with Gasteiger partial charge in [-0.2, -0.15) is 0 Å². The van der Waals surface area contributed by atoms with Gasteiger partial charge in [-0.15, -0.1) is 0 Å². The molecule has 0 aromatic carbocycles. The van der Waals surface area contributed by atoms with Crippen LogP contribution < -0.4 is 5.32 Å². The first-order valence-electron chi connectivity index (χ1n) is 8.13. The number of hydrogen-bond donors (Lipinski definition) is 1. The second-order valence-corrected chi connectivity index (χ2v) is 6.53. The highest BCUT2D eigenvalue weighted by molar-refractivity contribution is 5.91. The molecule has 0 radical (unpaired) electrons. The Balaban J connectivity index is 1.77. The first-order chi connectivity index (χ1) is 10.9. The Kier molecular flexibility index (Phi) is 6.10. The summed E-state index contributed by atoms with van der Waals surface area (Å²) in [6.45, 7) is 6.21. The number of carbonyl (C=O) groups excluding carboxylic acids is 2. The summed E-state index contributed by atoms with van der Waals surface area (Å²) in [5, 5.41) is 2.74. The van der Waals surface area contributed by atoms with Crippen LogP contribution in [0.4, 0.5) is 5.82 Å². The zero-order valence-electron chi connectivity index (χ0n) is 14.2. The van der Waals surface area contributed by atoms with E-state index in [0.29, 0.717) is 11.7 Å². The SMILES string of the molecule is Cc1ccc(NC(=O)CN(C)CC(=O)N2CCCC(C)C2)nc1. The highest BCUT2D eigenvalue weighted by Crippen LogP contribution is 2.15. The Morgan fingerprint density at radius 1 is 1.39 bits per heavy atom. The summed E-state index contributed by atoms with van der Waals surface area (Å²) in [5.41, 5.74) is 1.04. The number of likely N-dealkylation sites (tertiary alicyclic amines) is 1. The molecule has 1 aliphatic rings. The minimum atomic E-state index is -0.163. The van der Waals surface area contributed by atoms with Crippen molar-refractivity contribution in [2.75, 3.05) is 38.5 Å². The topological polar surface area (TPSA) is 65.5 Å². The van der Waals surface area contributed by atoms with E-state index in [9.17, 15) is 9.59 Å². The number of nitrogens with one attached hydrogen (secondary N) is 1. The van der Waals surface area contributed by atoms with Gasteiger partial charge in [0.15, 0.2) is 0 Å². The predicted molar refractivity (Wildman–Crippen MR) is 90.1 cm³/mol. The lowest BCUT2D eigenvalue weighted by molar-refractivity contribution is -0.134. The fraction of sp³-hybridized carbons (Fsp3) is 0.588. The Labute approximate surface area is 137 Å². The molecule has 1 aromatic rings. The molecule has 1 unspecified atom stereocenters. The molecule has 0 saturated carbocycles. The Hall–Kier alpha value is -1.95. The van der Waals surface area contributed by atoms with E-state index in [4.69, 9.17) is 0 Å². The van der Waals surface area contributed by atoms with Crippen molar-refractivity contribution in [2.24, 2.45) is 5.92 Å². The van der Waals surface area contributed by atoms with Crippen LogP contribution in [0.25, 0.3) is 0 Å². The van der Waals surface area contributed by atoms with Gasteiger partial charge in [-0.1, -0.05) is 13.0 Å². The van der Waals surface area contributed by atoms with Crippen molar-refractivity contribution < 1.29 is 9.59 Å². The Morgan fingerprint density at radius 3 is 2.83 bits per heavy atom. The molecule has 0 bridgehead atoms. The van der Waals surface area contributed by atoms with Gasteiger partial charge in [0.05, 0.1) is 13.1 Å². The van der Waals surface area contributed by atoms with E-state index in [1.807, 2.05) is 17.9 Å². The molecule has 6 heteroatoms. The maximum atomic E-state index is 12.3. The molecule has 2 rings (SSSR count). The van der Waals surface area contributed by atoms with Crippen molar-refractivity contribution in [2.45, 2.75) is 26.7 Å². The van der Waals surface area contributed by atoms with Gasteiger partial charge in [-0.05, 0) is 44.4 Å². The minimum absolute atomic E-state index is 0.0975. The van der Waals surface area contributed by atoms with Crippen molar-refractivity contribution in [3.8, 4) is 0 Å². The lowest BCUT2D eigenvalue weighted by atomic mass is 10.0. The van der Waals surface area contributed by atoms with Crippen LogP contribution in [0.3, 0.4) is 0 Å². The van der Waals surface area contributed by atoms with Gasteiger partial charge in [-0.3, -0.25) is 14.5 Å². The van der Waals surface area contributed by atoms with Crippen LogP contribution in [-0.2, 0) is 9.59 Å². The molecular formula is C17H26N4O2. The molecule has 0 aliphatic carbocycles. The minimum Gasteiger partial charge on any atom is -0.341 e. The molecule has 23 heavy (non-hydrogen) atoms. The average Bonchev–Trinajstić information content (AvgIpc) is 2.49. The molecule has 126 valence electrons. The summed E-state index contributed by atoms with van der Waals surface area (Å²) in [5.74, 6) is 1.03. The number of likely N-dealkylation sites (N-methyl/N-ethyl adjacent to an activating group) is 1. The average molecular weight is 318 g/mol. The molecule has 1 saturated heterocycles. The van der Waals surface area contributed by atoms with Crippen LogP contribution in [-0.4, -0.2) is 59.8 Å². The number of piperidine rings is 1. The van der Waals surface area contributed by atoms with E-state index in [-0.39, 0.29) is 24.9 Å². The zero-order valence-corrected chi connectivity index (χ0v) is 14.2. The number of hydrogen-bond acceptors (Lipinski definition) is 4. The van der Waals surface area contributed by atoms with E-state index in [1.165, 1.54) is 6.42 Å². The quantitative estimate of drug-likeness (QED) is 0.894. The summed E-state index contributed by atoms with van der Waals surface area (Å²) in [6.07, 6.45) is 3.96.